The topological polar surface area (TPSA) is 129 Å². The number of carbonyl (C=O) groups is 2. The molecule has 2 aliphatic heterocycles. The number of oxime groups is 1. The maximum atomic E-state index is 13.8. The monoisotopic (exact) mass is 552 g/mol. The first-order chi connectivity index (χ1) is 17.4. The summed E-state index contributed by atoms with van der Waals surface area (Å²) in [6, 6.07) is 4.95. The maximum Gasteiger partial charge on any atom is 0.340 e. The van der Waals surface area contributed by atoms with Crippen LogP contribution in [0.25, 0.3) is 0 Å². The summed E-state index contributed by atoms with van der Waals surface area (Å²) in [4.78, 5) is 28.3. The van der Waals surface area contributed by atoms with Crippen LogP contribution in [0.1, 0.15) is 52.5 Å². The van der Waals surface area contributed by atoms with Crippen molar-refractivity contribution < 1.29 is 32.3 Å². The van der Waals surface area contributed by atoms with E-state index >= 15 is 0 Å². The zero-order valence-electron chi connectivity index (χ0n) is 21.1. The molecule has 37 heavy (non-hydrogen) atoms. The van der Waals surface area contributed by atoms with Gasteiger partial charge in [-0.05, 0) is 58.2 Å². The van der Waals surface area contributed by atoms with Gasteiger partial charge in [-0.15, -0.1) is 0 Å². The van der Waals surface area contributed by atoms with Gasteiger partial charge >= 0.3 is 11.9 Å². The van der Waals surface area contributed by atoms with E-state index in [0.29, 0.717) is 36.4 Å². The Morgan fingerprint density at radius 3 is 2.68 bits per heavy atom. The Hall–Kier alpha value is -3.12. The van der Waals surface area contributed by atoms with E-state index in [1.165, 1.54) is 15.2 Å². The van der Waals surface area contributed by atoms with E-state index in [0.717, 1.165) is 0 Å². The minimum Gasteiger partial charge on any atom is -0.486 e. The highest BCUT2D eigenvalue weighted by molar-refractivity contribution is 7.93. The van der Waals surface area contributed by atoms with Crippen molar-refractivity contribution in [2.45, 2.75) is 76.5 Å². The molecule has 4 rings (SSSR count). The molecule has 0 fully saturated rings. The molecular weight excluding hydrogens is 524 g/mol. The van der Waals surface area contributed by atoms with Gasteiger partial charge in [-0.2, -0.15) is 5.10 Å². The smallest absolute Gasteiger partial charge is 0.340 e. The highest BCUT2D eigenvalue weighted by atomic mass is 35.5. The number of aromatic nitrogens is 2. The molecule has 0 N–H and O–H groups in total. The van der Waals surface area contributed by atoms with Gasteiger partial charge in [0.2, 0.25) is 0 Å². The average molecular weight is 553 g/mol. The zero-order chi connectivity index (χ0) is 27.0. The summed E-state index contributed by atoms with van der Waals surface area (Å²) in [6.07, 6.45) is 1.74. The highest BCUT2D eigenvalue weighted by Gasteiger charge is 2.37. The second kappa shape index (κ2) is 10.3. The Morgan fingerprint density at radius 1 is 1.30 bits per heavy atom. The van der Waals surface area contributed by atoms with Gasteiger partial charge in [-0.3, -0.25) is 13.8 Å². The third kappa shape index (κ3) is 6.24. The minimum absolute atomic E-state index is 0.0130. The standard InChI is InChI=1S/C24H29ClN4O7S/c1-5-28-14-20(23(25)26-28)37(32,33)29-13-17(8-7-16-12-22(31)36-27-16)34-19-9-6-15(10-18(19)29)11-21(30)35-24(2,3)4/h6,9-10,14,17H,5,7-8,11-13H2,1-4H3/t17-/m0/s1. The predicted molar refractivity (Wildman–Crippen MR) is 135 cm³/mol. The van der Waals surface area contributed by atoms with Gasteiger partial charge in [-0.1, -0.05) is 22.8 Å². The fraction of sp³-hybridized carbons (Fsp3) is 0.500. The van der Waals surface area contributed by atoms with Crippen LogP contribution < -0.4 is 9.04 Å². The molecule has 1 aromatic heterocycles. The van der Waals surface area contributed by atoms with E-state index in [9.17, 15) is 18.0 Å². The number of esters is 1. The summed E-state index contributed by atoms with van der Waals surface area (Å²) in [5, 5.41) is 7.70. The molecule has 1 aromatic carbocycles. The molecule has 0 radical (unpaired) electrons. The summed E-state index contributed by atoms with van der Waals surface area (Å²) in [7, 11) is -4.14. The van der Waals surface area contributed by atoms with Gasteiger partial charge in [0.25, 0.3) is 10.0 Å². The minimum atomic E-state index is -4.14. The van der Waals surface area contributed by atoms with Gasteiger partial charge in [-0.25, -0.2) is 13.2 Å². The predicted octanol–water partition coefficient (Wildman–Crippen LogP) is 3.48. The van der Waals surface area contributed by atoms with E-state index in [2.05, 4.69) is 15.1 Å². The van der Waals surface area contributed by atoms with Crippen molar-refractivity contribution in [2.24, 2.45) is 5.16 Å². The molecule has 0 unspecified atom stereocenters. The van der Waals surface area contributed by atoms with Gasteiger partial charge in [0.1, 0.15) is 22.4 Å². The lowest BCUT2D eigenvalue weighted by Crippen LogP contribution is -2.43. The number of hydrogen-bond acceptors (Lipinski definition) is 9. The molecule has 1 atom stereocenters. The number of sulfonamides is 1. The van der Waals surface area contributed by atoms with Crippen molar-refractivity contribution in [1.82, 2.24) is 9.78 Å². The first-order valence-electron chi connectivity index (χ1n) is 11.9. The van der Waals surface area contributed by atoms with E-state index < -0.39 is 33.7 Å². The highest BCUT2D eigenvalue weighted by Crippen LogP contribution is 2.40. The molecule has 2 aliphatic rings. The lowest BCUT2D eigenvalue weighted by atomic mass is 10.1. The lowest BCUT2D eigenvalue weighted by Gasteiger charge is -2.35. The van der Waals surface area contributed by atoms with Crippen LogP contribution in [0.3, 0.4) is 0 Å². The maximum absolute atomic E-state index is 13.8. The molecule has 11 nitrogen and oxygen atoms in total. The molecule has 0 saturated heterocycles. The Kier molecular flexibility index (Phi) is 7.52. The van der Waals surface area contributed by atoms with Crippen LogP contribution in [-0.2, 0) is 42.2 Å². The number of hydrogen-bond donors (Lipinski definition) is 0. The first kappa shape index (κ1) is 26.9. The molecule has 200 valence electrons. The van der Waals surface area contributed by atoms with Gasteiger partial charge in [0.15, 0.2) is 5.15 Å². The summed E-state index contributed by atoms with van der Waals surface area (Å²) in [5.74, 6) is -0.514. The van der Waals surface area contributed by atoms with Crippen molar-refractivity contribution in [3.05, 3.63) is 35.1 Å². The van der Waals surface area contributed by atoms with E-state index in [1.54, 1.807) is 39.0 Å². The molecule has 2 aromatic rings. The number of nitrogens with zero attached hydrogens (tertiary/aromatic N) is 4. The fourth-order valence-electron chi connectivity index (χ4n) is 4.03. The first-order valence-corrected chi connectivity index (χ1v) is 13.7. The fourth-order valence-corrected chi connectivity index (χ4v) is 5.98. The molecule has 0 saturated carbocycles. The van der Waals surface area contributed by atoms with E-state index in [4.69, 9.17) is 21.1 Å². The number of ether oxygens (including phenoxy) is 2. The summed E-state index contributed by atoms with van der Waals surface area (Å²) < 4.78 is 41.9. The lowest BCUT2D eigenvalue weighted by molar-refractivity contribution is -0.154. The number of aryl methyl sites for hydroxylation is 1. The molecule has 0 bridgehead atoms. The van der Waals surface area contributed by atoms with Crippen molar-refractivity contribution in [3.63, 3.8) is 0 Å². The Morgan fingerprint density at radius 2 is 2.05 bits per heavy atom. The number of carbonyl (C=O) groups excluding carboxylic acids is 2. The molecular formula is C24H29ClN4O7S. The molecule has 13 heteroatoms. The Balaban J connectivity index is 1.65. The van der Waals surface area contributed by atoms with Crippen LogP contribution in [0, 0.1) is 0 Å². The molecule has 3 heterocycles. The van der Waals surface area contributed by atoms with Crippen molar-refractivity contribution in [3.8, 4) is 5.75 Å². The van der Waals surface area contributed by atoms with Crippen LogP contribution in [-0.4, -0.2) is 54.1 Å². The van der Waals surface area contributed by atoms with Gasteiger partial charge < -0.3 is 14.3 Å². The average Bonchev–Trinajstić information content (AvgIpc) is 3.41. The number of fused-ring (bicyclic) bond motifs is 1. The van der Waals surface area contributed by atoms with Gasteiger partial charge in [0, 0.05) is 12.7 Å². The second-order valence-electron chi connectivity index (χ2n) is 9.82. The van der Waals surface area contributed by atoms with Crippen molar-refractivity contribution in [2.75, 3.05) is 10.8 Å². The molecule has 0 spiro atoms. The Labute approximate surface area is 220 Å². The summed E-state index contributed by atoms with van der Waals surface area (Å²) >= 11 is 6.22. The zero-order valence-corrected chi connectivity index (χ0v) is 22.6. The second-order valence-corrected chi connectivity index (χ2v) is 12.0. The number of benzene rings is 1. The van der Waals surface area contributed by atoms with Crippen molar-refractivity contribution >= 4 is 45.0 Å². The van der Waals surface area contributed by atoms with Crippen LogP contribution in [0.5, 0.6) is 5.75 Å². The largest absolute Gasteiger partial charge is 0.486 e. The van der Waals surface area contributed by atoms with Crippen LogP contribution in [0.15, 0.2) is 34.4 Å². The van der Waals surface area contributed by atoms with Crippen molar-refractivity contribution in [1.29, 1.82) is 0 Å². The summed E-state index contributed by atoms with van der Waals surface area (Å²) in [5.41, 5.74) is 0.789. The van der Waals surface area contributed by atoms with Crippen LogP contribution in [0.2, 0.25) is 5.15 Å². The van der Waals surface area contributed by atoms with Crippen LogP contribution in [0.4, 0.5) is 5.69 Å². The quantitative estimate of drug-likeness (QED) is 0.359. The molecule has 0 aliphatic carbocycles. The number of anilines is 1. The molecule has 0 amide bonds. The van der Waals surface area contributed by atoms with E-state index in [1.807, 2.05) is 6.92 Å². The number of halogens is 1. The normalized spacial score (nSPS) is 17.6. The third-order valence-corrected chi connectivity index (χ3v) is 7.85. The number of rotatable bonds is 8. The third-order valence-electron chi connectivity index (χ3n) is 5.68. The Bertz CT molecular complexity index is 1350. The summed E-state index contributed by atoms with van der Waals surface area (Å²) in [6.45, 7) is 7.59. The SMILES string of the molecule is CCn1cc(S(=O)(=O)N2C[C@H](CCC3=NOC(=O)C3)Oc3ccc(CC(=O)OC(C)(C)C)cc32)c(Cl)n1. The van der Waals surface area contributed by atoms with Gasteiger partial charge in [0.05, 0.1) is 30.8 Å². The van der Waals surface area contributed by atoms with Crippen LogP contribution >= 0.6 is 11.6 Å². The van der Waals surface area contributed by atoms with E-state index in [-0.39, 0.29) is 35.1 Å².